The summed E-state index contributed by atoms with van der Waals surface area (Å²) >= 11 is 1.36. The second-order valence-corrected chi connectivity index (χ2v) is 5.33. The van der Waals surface area contributed by atoms with Gasteiger partial charge in [-0.15, -0.1) is 17.8 Å². The smallest absolute Gasteiger partial charge is 0.269 e. The fraction of sp³-hybridized carbons (Fsp3) is 0. The van der Waals surface area contributed by atoms with E-state index in [1.54, 1.807) is 18.3 Å². The summed E-state index contributed by atoms with van der Waals surface area (Å²) in [6.07, 6.45) is 7.11. The van der Waals surface area contributed by atoms with Crippen molar-refractivity contribution in [1.82, 2.24) is 4.98 Å². The molecule has 0 saturated carbocycles. The maximum atomic E-state index is 10.7. The Morgan fingerprint density at radius 1 is 1.29 bits per heavy atom. The topological polar surface area (TPSA) is 82.0 Å². The maximum absolute atomic E-state index is 10.7. The molecule has 0 spiro atoms. The summed E-state index contributed by atoms with van der Waals surface area (Å²) in [5.74, 6) is 2.55. The number of rotatable bonds is 2. The summed E-state index contributed by atoms with van der Waals surface area (Å²) in [7, 11) is 0. The number of fused-ring (bicyclic) bond motifs is 1. The Morgan fingerprint density at radius 2 is 2.00 bits per heavy atom. The number of anilines is 1. The lowest BCUT2D eigenvalue weighted by molar-refractivity contribution is -0.384. The lowest BCUT2D eigenvalue weighted by Gasteiger charge is -2.04. The molecule has 0 radical (unpaired) electrons. The van der Waals surface area contributed by atoms with E-state index in [1.807, 2.05) is 6.07 Å². The summed E-state index contributed by atoms with van der Waals surface area (Å²) in [5, 5.41) is 11.5. The zero-order chi connectivity index (χ0) is 15.0. The fourth-order valence-electron chi connectivity index (χ4n) is 2.16. The molecule has 3 rings (SSSR count). The molecule has 102 valence electrons. The van der Waals surface area contributed by atoms with E-state index in [1.165, 1.54) is 23.5 Å². The van der Waals surface area contributed by atoms with Crippen LogP contribution >= 0.6 is 11.3 Å². The van der Waals surface area contributed by atoms with Crippen LogP contribution in [0.3, 0.4) is 0 Å². The van der Waals surface area contributed by atoms with Gasteiger partial charge >= 0.3 is 0 Å². The van der Waals surface area contributed by atoms with Crippen LogP contribution in [0.5, 0.6) is 0 Å². The van der Waals surface area contributed by atoms with Crippen molar-refractivity contribution in [3.05, 3.63) is 51.5 Å². The van der Waals surface area contributed by atoms with Crippen molar-refractivity contribution >= 4 is 32.9 Å². The van der Waals surface area contributed by atoms with Crippen molar-refractivity contribution in [3.63, 3.8) is 0 Å². The normalized spacial score (nSPS) is 10.4. The molecule has 0 aliphatic heterocycles. The summed E-state index contributed by atoms with van der Waals surface area (Å²) in [6, 6.07) is 8.14. The number of nitrogens with two attached hydrogens (primary N) is 1. The van der Waals surface area contributed by atoms with Gasteiger partial charge in [0.2, 0.25) is 0 Å². The lowest BCUT2D eigenvalue weighted by atomic mass is 10.0. The SMILES string of the molecule is C#Cc1sc2nccc(-c3ccc([N+](=O)[O-])cc3)c2c1N. The summed E-state index contributed by atoms with van der Waals surface area (Å²) in [4.78, 5) is 16.0. The predicted octanol–water partition coefficient (Wildman–Crippen LogP) is 3.44. The zero-order valence-corrected chi connectivity index (χ0v) is 11.6. The quantitative estimate of drug-likeness (QED) is 0.446. The van der Waals surface area contributed by atoms with Crippen molar-refractivity contribution in [3.8, 4) is 23.5 Å². The molecule has 3 aromatic rings. The zero-order valence-electron chi connectivity index (χ0n) is 10.7. The molecule has 0 saturated heterocycles. The molecule has 0 bridgehead atoms. The van der Waals surface area contributed by atoms with E-state index in [4.69, 9.17) is 12.2 Å². The number of aromatic nitrogens is 1. The molecule has 21 heavy (non-hydrogen) atoms. The van der Waals surface area contributed by atoms with E-state index in [9.17, 15) is 10.1 Å². The maximum Gasteiger partial charge on any atom is 0.269 e. The molecule has 1 aromatic carbocycles. The second kappa shape index (κ2) is 4.89. The molecule has 0 aliphatic rings. The monoisotopic (exact) mass is 295 g/mol. The first-order valence-electron chi connectivity index (χ1n) is 6.00. The van der Waals surface area contributed by atoms with E-state index in [0.29, 0.717) is 10.6 Å². The van der Waals surface area contributed by atoms with Crippen molar-refractivity contribution in [2.24, 2.45) is 0 Å². The molecule has 6 heteroatoms. The first kappa shape index (κ1) is 13.1. The predicted molar refractivity (Wildman–Crippen MR) is 84.1 cm³/mol. The van der Waals surface area contributed by atoms with Crippen molar-refractivity contribution in [2.75, 3.05) is 5.73 Å². The van der Waals surface area contributed by atoms with Gasteiger partial charge in [-0.05, 0) is 29.3 Å². The number of nitro benzene ring substituents is 1. The van der Waals surface area contributed by atoms with E-state index in [-0.39, 0.29) is 5.69 Å². The van der Waals surface area contributed by atoms with Crippen LogP contribution in [0.25, 0.3) is 21.3 Å². The Balaban J connectivity index is 2.23. The van der Waals surface area contributed by atoms with Crippen molar-refractivity contribution < 1.29 is 4.92 Å². The minimum atomic E-state index is -0.429. The first-order chi connectivity index (χ1) is 10.1. The van der Waals surface area contributed by atoms with Crippen LogP contribution in [0.4, 0.5) is 11.4 Å². The van der Waals surface area contributed by atoms with Gasteiger partial charge in [0, 0.05) is 23.7 Å². The van der Waals surface area contributed by atoms with E-state index in [2.05, 4.69) is 10.9 Å². The van der Waals surface area contributed by atoms with Crippen LogP contribution < -0.4 is 5.73 Å². The number of hydrogen-bond acceptors (Lipinski definition) is 5. The first-order valence-corrected chi connectivity index (χ1v) is 6.82. The molecule has 0 fully saturated rings. The van der Waals surface area contributed by atoms with Crippen LogP contribution in [-0.2, 0) is 0 Å². The molecular weight excluding hydrogens is 286 g/mol. The fourth-order valence-corrected chi connectivity index (χ4v) is 3.06. The lowest BCUT2D eigenvalue weighted by Crippen LogP contribution is -1.90. The summed E-state index contributed by atoms with van der Waals surface area (Å²) < 4.78 is 0. The molecule has 0 aliphatic carbocycles. The van der Waals surface area contributed by atoms with Crippen LogP contribution in [0, 0.1) is 22.5 Å². The van der Waals surface area contributed by atoms with E-state index >= 15 is 0 Å². The van der Waals surface area contributed by atoms with Crippen LogP contribution in [0.15, 0.2) is 36.5 Å². The van der Waals surface area contributed by atoms with Crippen LogP contribution in [0.1, 0.15) is 4.88 Å². The average Bonchev–Trinajstić information content (AvgIpc) is 2.84. The molecule has 0 unspecified atom stereocenters. The van der Waals surface area contributed by atoms with Gasteiger partial charge in [-0.25, -0.2) is 4.98 Å². The number of nitro groups is 1. The van der Waals surface area contributed by atoms with Gasteiger partial charge in [0.25, 0.3) is 5.69 Å². The Morgan fingerprint density at radius 3 is 2.62 bits per heavy atom. The van der Waals surface area contributed by atoms with E-state index in [0.717, 1.165) is 21.3 Å². The number of benzene rings is 1. The second-order valence-electron chi connectivity index (χ2n) is 4.33. The number of pyridine rings is 1. The molecule has 0 amide bonds. The summed E-state index contributed by atoms with van der Waals surface area (Å²) in [6.45, 7) is 0. The van der Waals surface area contributed by atoms with Gasteiger partial charge in [-0.1, -0.05) is 5.92 Å². The Hall–Kier alpha value is -2.91. The van der Waals surface area contributed by atoms with Crippen molar-refractivity contribution in [2.45, 2.75) is 0 Å². The number of non-ortho nitro benzene ring substituents is 1. The number of hydrogen-bond donors (Lipinski definition) is 1. The average molecular weight is 295 g/mol. The third kappa shape index (κ3) is 2.10. The molecule has 2 heterocycles. The minimum absolute atomic E-state index is 0.0478. The van der Waals surface area contributed by atoms with Crippen molar-refractivity contribution in [1.29, 1.82) is 0 Å². The number of nitrogen functional groups attached to an aromatic ring is 1. The highest BCUT2D eigenvalue weighted by molar-refractivity contribution is 7.20. The van der Waals surface area contributed by atoms with Gasteiger partial charge in [0.15, 0.2) is 0 Å². The Bertz CT molecular complexity index is 892. The van der Waals surface area contributed by atoms with Gasteiger partial charge in [-0.2, -0.15) is 0 Å². The summed E-state index contributed by atoms with van der Waals surface area (Å²) in [5.41, 5.74) is 8.36. The highest BCUT2D eigenvalue weighted by Crippen LogP contribution is 2.38. The number of terminal acetylenes is 1. The van der Waals surface area contributed by atoms with Gasteiger partial charge in [0.05, 0.1) is 10.6 Å². The number of nitrogens with zero attached hydrogens (tertiary/aromatic N) is 2. The molecule has 2 aromatic heterocycles. The molecule has 5 nitrogen and oxygen atoms in total. The highest BCUT2D eigenvalue weighted by atomic mass is 32.1. The van der Waals surface area contributed by atoms with Gasteiger partial charge < -0.3 is 5.73 Å². The number of thiophene rings is 1. The van der Waals surface area contributed by atoms with Crippen LogP contribution in [0.2, 0.25) is 0 Å². The minimum Gasteiger partial charge on any atom is -0.396 e. The molecular formula is C15H9N3O2S. The largest absolute Gasteiger partial charge is 0.396 e. The third-order valence-electron chi connectivity index (χ3n) is 3.15. The third-order valence-corrected chi connectivity index (χ3v) is 4.19. The van der Waals surface area contributed by atoms with Crippen LogP contribution in [-0.4, -0.2) is 9.91 Å². The Kier molecular flexibility index (Phi) is 3.05. The Labute approximate surface area is 124 Å². The van der Waals surface area contributed by atoms with Gasteiger partial charge in [0.1, 0.15) is 9.71 Å². The highest BCUT2D eigenvalue weighted by Gasteiger charge is 2.14. The standard InChI is InChI=1S/C15H9N3O2S/c1-2-12-14(16)13-11(7-8-17-15(13)21-12)9-3-5-10(6-4-9)18(19)20/h1,3-8H,16H2. The van der Waals surface area contributed by atoms with Gasteiger partial charge in [-0.3, -0.25) is 10.1 Å². The molecule has 2 N–H and O–H groups in total. The molecule has 0 atom stereocenters. The van der Waals surface area contributed by atoms with E-state index < -0.39 is 4.92 Å².